The lowest BCUT2D eigenvalue weighted by Gasteiger charge is -2.32. The van der Waals surface area contributed by atoms with Crippen molar-refractivity contribution in [1.82, 2.24) is 10.2 Å². The molecule has 0 aromatic heterocycles. The van der Waals surface area contributed by atoms with Gasteiger partial charge in [0, 0.05) is 30.3 Å². The number of hydrogen-bond donors (Lipinski definition) is 1. The van der Waals surface area contributed by atoms with Gasteiger partial charge in [-0.3, -0.25) is 9.59 Å². The Morgan fingerprint density at radius 3 is 2.38 bits per heavy atom. The number of halogens is 1. The Balaban J connectivity index is 1.55. The van der Waals surface area contributed by atoms with Gasteiger partial charge in [0.15, 0.2) is 0 Å². The van der Waals surface area contributed by atoms with Crippen LogP contribution in [0.5, 0.6) is 0 Å². The second kappa shape index (κ2) is 7.68. The minimum absolute atomic E-state index is 0.0423. The zero-order valence-corrected chi connectivity index (χ0v) is 15.1. The van der Waals surface area contributed by atoms with Gasteiger partial charge in [0.05, 0.1) is 0 Å². The normalized spacial score (nSPS) is 15.0. The van der Waals surface area contributed by atoms with Crippen LogP contribution in [-0.4, -0.2) is 35.8 Å². The molecule has 0 radical (unpaired) electrons. The third-order valence-corrected chi connectivity index (χ3v) is 4.96. The van der Waals surface area contributed by atoms with Gasteiger partial charge in [-0.05, 0) is 68.1 Å². The molecular formula is C21H23FN2O2. The first-order valence-corrected chi connectivity index (χ1v) is 8.87. The highest BCUT2D eigenvalue weighted by molar-refractivity contribution is 5.95. The van der Waals surface area contributed by atoms with E-state index in [1.54, 1.807) is 17.0 Å². The zero-order chi connectivity index (χ0) is 18.7. The van der Waals surface area contributed by atoms with Gasteiger partial charge in [0.2, 0.25) is 0 Å². The fourth-order valence-corrected chi connectivity index (χ4v) is 3.18. The van der Waals surface area contributed by atoms with E-state index in [-0.39, 0.29) is 17.9 Å². The smallest absolute Gasteiger partial charge is 0.253 e. The summed E-state index contributed by atoms with van der Waals surface area (Å²) >= 11 is 0. The first-order valence-electron chi connectivity index (χ1n) is 8.87. The van der Waals surface area contributed by atoms with E-state index in [1.807, 2.05) is 32.0 Å². The lowest BCUT2D eigenvalue weighted by atomic mass is 10.0. The minimum Gasteiger partial charge on any atom is -0.349 e. The van der Waals surface area contributed by atoms with E-state index in [0.717, 1.165) is 11.1 Å². The number of benzene rings is 2. The number of piperidine rings is 1. The molecular weight excluding hydrogens is 331 g/mol. The maximum absolute atomic E-state index is 13.3. The molecule has 0 unspecified atom stereocenters. The summed E-state index contributed by atoms with van der Waals surface area (Å²) in [6.07, 6.45) is 1.38. The Hall–Kier alpha value is -2.69. The lowest BCUT2D eigenvalue weighted by molar-refractivity contribution is 0.0697. The molecule has 2 aromatic rings. The SMILES string of the molecule is Cc1ccc(C(=O)NC2CCN(C(=O)c3cccc(F)c3)CC2)cc1C. The summed E-state index contributed by atoms with van der Waals surface area (Å²) in [5.41, 5.74) is 3.27. The summed E-state index contributed by atoms with van der Waals surface area (Å²) in [4.78, 5) is 26.6. The molecule has 0 atom stereocenters. The number of aryl methyl sites for hydroxylation is 2. The Morgan fingerprint density at radius 1 is 1.00 bits per heavy atom. The third-order valence-electron chi connectivity index (χ3n) is 4.96. The monoisotopic (exact) mass is 354 g/mol. The Morgan fingerprint density at radius 2 is 1.73 bits per heavy atom. The van der Waals surface area contributed by atoms with E-state index >= 15 is 0 Å². The second-order valence-corrected chi connectivity index (χ2v) is 6.85. The molecule has 2 aromatic carbocycles. The van der Waals surface area contributed by atoms with Crippen molar-refractivity contribution in [3.8, 4) is 0 Å². The van der Waals surface area contributed by atoms with Crippen molar-refractivity contribution in [3.63, 3.8) is 0 Å². The summed E-state index contributed by atoms with van der Waals surface area (Å²) in [5.74, 6) is -0.655. The van der Waals surface area contributed by atoms with Crippen LogP contribution < -0.4 is 5.32 Å². The van der Waals surface area contributed by atoms with Gasteiger partial charge in [-0.25, -0.2) is 4.39 Å². The molecule has 5 heteroatoms. The highest BCUT2D eigenvalue weighted by Gasteiger charge is 2.25. The number of nitrogens with one attached hydrogen (secondary N) is 1. The molecule has 26 heavy (non-hydrogen) atoms. The van der Waals surface area contributed by atoms with Crippen LogP contribution in [0.4, 0.5) is 4.39 Å². The molecule has 0 aliphatic carbocycles. The molecule has 136 valence electrons. The van der Waals surface area contributed by atoms with Gasteiger partial charge < -0.3 is 10.2 Å². The highest BCUT2D eigenvalue weighted by Crippen LogP contribution is 2.16. The van der Waals surface area contributed by atoms with Crippen LogP contribution in [-0.2, 0) is 0 Å². The summed E-state index contributed by atoms with van der Waals surface area (Å²) in [6.45, 7) is 5.10. The van der Waals surface area contributed by atoms with Gasteiger partial charge >= 0.3 is 0 Å². The largest absolute Gasteiger partial charge is 0.349 e. The predicted octanol–water partition coefficient (Wildman–Crippen LogP) is 3.48. The predicted molar refractivity (Wildman–Crippen MR) is 98.7 cm³/mol. The quantitative estimate of drug-likeness (QED) is 0.917. The fourth-order valence-electron chi connectivity index (χ4n) is 3.18. The van der Waals surface area contributed by atoms with Gasteiger partial charge in [-0.2, -0.15) is 0 Å². The molecule has 2 amide bonds. The van der Waals surface area contributed by atoms with Crippen molar-refractivity contribution in [2.45, 2.75) is 32.7 Å². The topological polar surface area (TPSA) is 49.4 Å². The van der Waals surface area contributed by atoms with Gasteiger partial charge in [-0.1, -0.05) is 12.1 Å². The molecule has 1 aliphatic rings. The van der Waals surface area contributed by atoms with Crippen LogP contribution in [0.25, 0.3) is 0 Å². The molecule has 0 bridgehead atoms. The standard InChI is InChI=1S/C21H23FN2O2/c1-14-6-7-16(12-15(14)2)20(25)23-19-8-10-24(11-9-19)21(26)17-4-3-5-18(22)13-17/h3-7,12-13,19H,8-11H2,1-2H3,(H,23,25). The Bertz CT molecular complexity index is 827. The number of nitrogens with zero attached hydrogens (tertiary/aromatic N) is 1. The molecule has 1 aliphatic heterocycles. The zero-order valence-electron chi connectivity index (χ0n) is 15.1. The van der Waals surface area contributed by atoms with E-state index in [0.29, 0.717) is 37.1 Å². The molecule has 0 saturated carbocycles. The van der Waals surface area contributed by atoms with Crippen molar-refractivity contribution in [2.24, 2.45) is 0 Å². The van der Waals surface area contributed by atoms with Crippen molar-refractivity contribution in [1.29, 1.82) is 0 Å². The number of likely N-dealkylation sites (tertiary alicyclic amines) is 1. The molecule has 1 N–H and O–H groups in total. The molecule has 3 rings (SSSR count). The van der Waals surface area contributed by atoms with Crippen LogP contribution in [0.3, 0.4) is 0 Å². The van der Waals surface area contributed by atoms with Gasteiger partial charge in [-0.15, -0.1) is 0 Å². The van der Waals surface area contributed by atoms with Crippen LogP contribution in [0.15, 0.2) is 42.5 Å². The van der Waals surface area contributed by atoms with Crippen molar-refractivity contribution >= 4 is 11.8 Å². The van der Waals surface area contributed by atoms with E-state index in [9.17, 15) is 14.0 Å². The molecule has 1 saturated heterocycles. The van der Waals surface area contributed by atoms with E-state index in [2.05, 4.69) is 5.32 Å². The molecule has 1 fully saturated rings. The summed E-state index contributed by atoms with van der Waals surface area (Å²) in [6, 6.07) is 11.5. The summed E-state index contributed by atoms with van der Waals surface area (Å²) in [7, 11) is 0. The van der Waals surface area contributed by atoms with Crippen molar-refractivity contribution < 1.29 is 14.0 Å². The first kappa shape index (κ1) is 18.1. The molecule has 4 nitrogen and oxygen atoms in total. The summed E-state index contributed by atoms with van der Waals surface area (Å²) < 4.78 is 13.3. The average molecular weight is 354 g/mol. The van der Waals surface area contributed by atoms with Crippen LogP contribution in [0.2, 0.25) is 0 Å². The van der Waals surface area contributed by atoms with Crippen LogP contribution in [0.1, 0.15) is 44.7 Å². The van der Waals surface area contributed by atoms with Crippen LogP contribution >= 0.6 is 0 Å². The number of hydrogen-bond acceptors (Lipinski definition) is 2. The second-order valence-electron chi connectivity index (χ2n) is 6.85. The fraction of sp³-hybridized carbons (Fsp3) is 0.333. The molecule has 0 spiro atoms. The van der Waals surface area contributed by atoms with Crippen molar-refractivity contribution in [3.05, 3.63) is 70.5 Å². The number of carbonyl (C=O) groups excluding carboxylic acids is 2. The Labute approximate surface area is 153 Å². The minimum atomic E-state index is -0.411. The average Bonchev–Trinajstić information content (AvgIpc) is 2.64. The maximum Gasteiger partial charge on any atom is 0.253 e. The van der Waals surface area contributed by atoms with Gasteiger partial charge in [0.1, 0.15) is 5.82 Å². The highest BCUT2D eigenvalue weighted by atomic mass is 19.1. The van der Waals surface area contributed by atoms with Gasteiger partial charge in [0.25, 0.3) is 11.8 Å². The molecule has 1 heterocycles. The maximum atomic E-state index is 13.3. The number of carbonyl (C=O) groups is 2. The van der Waals surface area contributed by atoms with E-state index < -0.39 is 5.82 Å². The lowest BCUT2D eigenvalue weighted by Crippen LogP contribution is -2.46. The van der Waals surface area contributed by atoms with Crippen LogP contribution in [0, 0.1) is 19.7 Å². The van der Waals surface area contributed by atoms with Crippen molar-refractivity contribution in [2.75, 3.05) is 13.1 Å². The van der Waals surface area contributed by atoms with E-state index in [4.69, 9.17) is 0 Å². The number of amides is 2. The summed E-state index contributed by atoms with van der Waals surface area (Å²) in [5, 5.41) is 3.05. The number of rotatable bonds is 3. The van der Waals surface area contributed by atoms with E-state index in [1.165, 1.54) is 12.1 Å². The third kappa shape index (κ3) is 4.10. The first-order chi connectivity index (χ1) is 12.4. The Kier molecular flexibility index (Phi) is 5.35.